The van der Waals surface area contributed by atoms with Crippen LogP contribution >= 0.6 is 0 Å². The molecule has 0 atom stereocenters. The standard InChI is InChI=1S/C15H16N2O/c16-15(18)14-9-5-4-8-13(14)11-17-10-12-6-2-1-3-7-12/h1-9,17H,10-11H2,(H2,16,18). The largest absolute Gasteiger partial charge is 0.366 e. The first-order valence-corrected chi connectivity index (χ1v) is 5.90. The maximum atomic E-state index is 11.2. The van der Waals surface area contributed by atoms with Crippen molar-refractivity contribution in [1.29, 1.82) is 0 Å². The summed E-state index contributed by atoms with van der Waals surface area (Å²) >= 11 is 0. The number of hydrogen-bond acceptors (Lipinski definition) is 2. The lowest BCUT2D eigenvalue weighted by atomic mass is 10.1. The molecule has 2 aromatic carbocycles. The monoisotopic (exact) mass is 240 g/mol. The first kappa shape index (κ1) is 12.3. The second-order valence-electron chi connectivity index (χ2n) is 4.11. The van der Waals surface area contributed by atoms with Crippen LogP contribution in [0.25, 0.3) is 0 Å². The Morgan fingerprint density at radius 1 is 0.944 bits per heavy atom. The Labute approximate surface area is 107 Å². The van der Waals surface area contributed by atoms with Crippen LogP contribution in [0, 0.1) is 0 Å². The zero-order valence-electron chi connectivity index (χ0n) is 10.1. The van der Waals surface area contributed by atoms with Crippen LogP contribution in [-0.2, 0) is 13.1 Å². The summed E-state index contributed by atoms with van der Waals surface area (Å²) < 4.78 is 0. The normalized spacial score (nSPS) is 10.2. The van der Waals surface area contributed by atoms with Crippen LogP contribution in [0.15, 0.2) is 54.6 Å². The van der Waals surface area contributed by atoms with Crippen LogP contribution in [0.5, 0.6) is 0 Å². The smallest absolute Gasteiger partial charge is 0.249 e. The predicted molar refractivity (Wildman–Crippen MR) is 71.9 cm³/mol. The van der Waals surface area contributed by atoms with E-state index in [9.17, 15) is 4.79 Å². The van der Waals surface area contributed by atoms with E-state index in [1.54, 1.807) is 6.07 Å². The number of primary amides is 1. The predicted octanol–water partition coefficient (Wildman–Crippen LogP) is 2.08. The third kappa shape index (κ3) is 3.18. The van der Waals surface area contributed by atoms with Gasteiger partial charge in [0.05, 0.1) is 0 Å². The van der Waals surface area contributed by atoms with Crippen molar-refractivity contribution in [2.24, 2.45) is 5.73 Å². The van der Waals surface area contributed by atoms with Crippen molar-refractivity contribution < 1.29 is 4.79 Å². The molecule has 0 radical (unpaired) electrons. The Bertz CT molecular complexity index is 523. The molecule has 2 rings (SSSR count). The van der Waals surface area contributed by atoms with Gasteiger partial charge in [0.15, 0.2) is 0 Å². The number of nitrogens with one attached hydrogen (secondary N) is 1. The minimum absolute atomic E-state index is 0.382. The van der Waals surface area contributed by atoms with Crippen LogP contribution in [0.2, 0.25) is 0 Å². The van der Waals surface area contributed by atoms with Gasteiger partial charge < -0.3 is 11.1 Å². The molecule has 0 heterocycles. The van der Waals surface area contributed by atoms with Gasteiger partial charge in [0.25, 0.3) is 0 Å². The molecule has 0 bridgehead atoms. The van der Waals surface area contributed by atoms with E-state index in [0.717, 1.165) is 12.1 Å². The highest BCUT2D eigenvalue weighted by molar-refractivity contribution is 5.94. The Morgan fingerprint density at radius 3 is 2.33 bits per heavy atom. The lowest BCUT2D eigenvalue weighted by Gasteiger charge is -2.08. The minimum atomic E-state index is -0.382. The molecule has 92 valence electrons. The third-order valence-corrected chi connectivity index (χ3v) is 2.77. The lowest BCUT2D eigenvalue weighted by molar-refractivity contribution is 0.0999. The fourth-order valence-corrected chi connectivity index (χ4v) is 1.85. The zero-order valence-corrected chi connectivity index (χ0v) is 10.1. The summed E-state index contributed by atoms with van der Waals surface area (Å²) in [6.07, 6.45) is 0. The Kier molecular flexibility index (Phi) is 4.10. The van der Waals surface area contributed by atoms with E-state index in [-0.39, 0.29) is 5.91 Å². The number of nitrogens with two attached hydrogens (primary N) is 1. The SMILES string of the molecule is NC(=O)c1ccccc1CNCc1ccccc1. The summed E-state index contributed by atoms with van der Waals surface area (Å²) in [6.45, 7) is 1.40. The van der Waals surface area contributed by atoms with Gasteiger partial charge in [0.1, 0.15) is 0 Å². The van der Waals surface area contributed by atoms with Gasteiger partial charge in [-0.15, -0.1) is 0 Å². The second kappa shape index (κ2) is 5.98. The molecule has 0 unspecified atom stereocenters. The van der Waals surface area contributed by atoms with E-state index in [1.165, 1.54) is 5.56 Å². The molecule has 0 fully saturated rings. The summed E-state index contributed by atoms with van der Waals surface area (Å²) in [4.78, 5) is 11.2. The Balaban J connectivity index is 1.97. The molecule has 3 nitrogen and oxygen atoms in total. The maximum Gasteiger partial charge on any atom is 0.249 e. The van der Waals surface area contributed by atoms with Gasteiger partial charge in [-0.1, -0.05) is 48.5 Å². The van der Waals surface area contributed by atoms with E-state index in [0.29, 0.717) is 12.1 Å². The number of rotatable bonds is 5. The molecular formula is C15H16N2O. The summed E-state index contributed by atoms with van der Waals surface area (Å²) in [5.41, 5.74) is 8.06. The fourth-order valence-electron chi connectivity index (χ4n) is 1.85. The van der Waals surface area contributed by atoms with Crippen molar-refractivity contribution in [3.63, 3.8) is 0 Å². The fraction of sp³-hybridized carbons (Fsp3) is 0.133. The van der Waals surface area contributed by atoms with Gasteiger partial charge in [-0.05, 0) is 17.2 Å². The van der Waals surface area contributed by atoms with Crippen LogP contribution in [0.1, 0.15) is 21.5 Å². The van der Waals surface area contributed by atoms with Crippen LogP contribution in [-0.4, -0.2) is 5.91 Å². The summed E-state index contributed by atoms with van der Waals surface area (Å²) in [7, 11) is 0. The number of hydrogen-bond donors (Lipinski definition) is 2. The molecule has 0 aliphatic carbocycles. The van der Waals surface area contributed by atoms with Crippen molar-refractivity contribution in [1.82, 2.24) is 5.32 Å². The highest BCUT2D eigenvalue weighted by Gasteiger charge is 2.05. The van der Waals surface area contributed by atoms with E-state index in [2.05, 4.69) is 17.4 Å². The third-order valence-electron chi connectivity index (χ3n) is 2.77. The van der Waals surface area contributed by atoms with Gasteiger partial charge in [-0.3, -0.25) is 4.79 Å². The minimum Gasteiger partial charge on any atom is -0.366 e. The van der Waals surface area contributed by atoms with E-state index in [4.69, 9.17) is 5.73 Å². The molecule has 0 aliphatic rings. The number of amides is 1. The average molecular weight is 240 g/mol. The second-order valence-corrected chi connectivity index (χ2v) is 4.11. The maximum absolute atomic E-state index is 11.2. The zero-order chi connectivity index (χ0) is 12.8. The molecule has 0 saturated heterocycles. The van der Waals surface area contributed by atoms with Crippen molar-refractivity contribution in [2.75, 3.05) is 0 Å². The summed E-state index contributed by atoms with van der Waals surface area (Å²) in [5, 5.41) is 3.31. The molecule has 0 saturated carbocycles. The molecule has 18 heavy (non-hydrogen) atoms. The Hall–Kier alpha value is -2.13. The molecule has 1 amide bonds. The molecule has 0 aliphatic heterocycles. The van der Waals surface area contributed by atoms with Gasteiger partial charge >= 0.3 is 0 Å². The van der Waals surface area contributed by atoms with Crippen molar-refractivity contribution in [3.8, 4) is 0 Å². The van der Waals surface area contributed by atoms with Gasteiger partial charge in [0, 0.05) is 18.7 Å². The van der Waals surface area contributed by atoms with Crippen molar-refractivity contribution in [3.05, 3.63) is 71.3 Å². The summed E-state index contributed by atoms with van der Waals surface area (Å²) in [5.74, 6) is -0.382. The number of benzene rings is 2. The van der Waals surface area contributed by atoms with Gasteiger partial charge in [-0.25, -0.2) is 0 Å². The quantitative estimate of drug-likeness (QED) is 0.840. The van der Waals surface area contributed by atoms with E-state index < -0.39 is 0 Å². The first-order valence-electron chi connectivity index (χ1n) is 5.90. The van der Waals surface area contributed by atoms with E-state index >= 15 is 0 Å². The van der Waals surface area contributed by atoms with Crippen molar-refractivity contribution in [2.45, 2.75) is 13.1 Å². The highest BCUT2D eigenvalue weighted by Crippen LogP contribution is 2.08. The number of carbonyl (C=O) groups is 1. The number of carbonyl (C=O) groups excluding carboxylic acids is 1. The van der Waals surface area contributed by atoms with Gasteiger partial charge in [-0.2, -0.15) is 0 Å². The van der Waals surface area contributed by atoms with E-state index in [1.807, 2.05) is 36.4 Å². The molecule has 0 aromatic heterocycles. The lowest BCUT2D eigenvalue weighted by Crippen LogP contribution is -2.18. The van der Waals surface area contributed by atoms with Gasteiger partial charge in [0.2, 0.25) is 5.91 Å². The van der Waals surface area contributed by atoms with Crippen molar-refractivity contribution >= 4 is 5.91 Å². The van der Waals surface area contributed by atoms with Crippen LogP contribution < -0.4 is 11.1 Å². The molecule has 3 N–H and O–H groups in total. The molecule has 2 aromatic rings. The first-order chi connectivity index (χ1) is 8.77. The van der Waals surface area contributed by atoms with Crippen LogP contribution in [0.4, 0.5) is 0 Å². The molecule has 3 heteroatoms. The molecular weight excluding hydrogens is 224 g/mol. The molecule has 0 spiro atoms. The van der Waals surface area contributed by atoms with Crippen LogP contribution in [0.3, 0.4) is 0 Å². The Morgan fingerprint density at radius 2 is 1.61 bits per heavy atom. The summed E-state index contributed by atoms with van der Waals surface area (Å²) in [6, 6.07) is 17.5. The highest BCUT2D eigenvalue weighted by atomic mass is 16.1. The topological polar surface area (TPSA) is 55.1 Å². The average Bonchev–Trinajstić information content (AvgIpc) is 2.40.